The second-order valence-corrected chi connectivity index (χ2v) is 4.65. The first-order chi connectivity index (χ1) is 9.54. The van der Waals surface area contributed by atoms with Gasteiger partial charge in [-0.2, -0.15) is 0 Å². The Morgan fingerprint density at radius 1 is 1.30 bits per heavy atom. The van der Waals surface area contributed by atoms with Crippen molar-refractivity contribution in [2.45, 2.75) is 19.8 Å². The lowest BCUT2D eigenvalue weighted by atomic mass is 10.3. The van der Waals surface area contributed by atoms with Crippen molar-refractivity contribution in [2.24, 2.45) is 0 Å². The molecule has 0 saturated heterocycles. The number of carbonyl (C=O) groups is 2. The molecule has 0 heterocycles. The Balaban J connectivity index is 2.53. The van der Waals surface area contributed by atoms with Crippen LogP contribution in [0.2, 0.25) is 5.02 Å². The van der Waals surface area contributed by atoms with Crippen LogP contribution in [0.3, 0.4) is 0 Å². The molecule has 0 atom stereocenters. The number of halogens is 1. The van der Waals surface area contributed by atoms with Crippen LogP contribution in [0.25, 0.3) is 0 Å². The predicted octanol–water partition coefficient (Wildman–Crippen LogP) is 2.43. The van der Waals surface area contributed by atoms with E-state index in [1.807, 2.05) is 6.92 Å². The first-order valence-electron chi connectivity index (χ1n) is 6.41. The normalized spacial score (nSPS) is 10.1. The maximum atomic E-state index is 12.0. The van der Waals surface area contributed by atoms with Crippen LogP contribution in [0.1, 0.15) is 19.8 Å². The van der Waals surface area contributed by atoms with Crippen LogP contribution >= 0.6 is 11.6 Å². The van der Waals surface area contributed by atoms with Gasteiger partial charge in [0.2, 0.25) is 0 Å². The van der Waals surface area contributed by atoms with E-state index in [0.717, 1.165) is 6.42 Å². The van der Waals surface area contributed by atoms with Crippen molar-refractivity contribution in [3.63, 3.8) is 0 Å². The molecule has 0 aromatic heterocycles. The highest BCUT2D eigenvalue weighted by Gasteiger charge is 2.15. The number of hydrogen-bond acceptors (Lipinski definition) is 3. The quantitative estimate of drug-likeness (QED) is 0.800. The van der Waals surface area contributed by atoms with Crippen LogP contribution in [-0.2, 0) is 9.59 Å². The summed E-state index contributed by atoms with van der Waals surface area (Å²) in [6.07, 6.45) is 0.690. The smallest absolute Gasteiger partial charge is 0.305 e. The Hall–Kier alpha value is -1.75. The van der Waals surface area contributed by atoms with Gasteiger partial charge in [0.1, 0.15) is 5.75 Å². The maximum absolute atomic E-state index is 12.0. The fourth-order valence-corrected chi connectivity index (χ4v) is 1.84. The van der Waals surface area contributed by atoms with Gasteiger partial charge in [0.25, 0.3) is 5.91 Å². The highest BCUT2D eigenvalue weighted by molar-refractivity contribution is 6.32. The van der Waals surface area contributed by atoms with Gasteiger partial charge < -0.3 is 14.7 Å². The van der Waals surface area contributed by atoms with E-state index in [9.17, 15) is 9.59 Å². The summed E-state index contributed by atoms with van der Waals surface area (Å²) in [6.45, 7) is 2.48. The molecule has 1 aromatic rings. The molecule has 0 aliphatic rings. The number of amides is 1. The van der Waals surface area contributed by atoms with Crippen molar-refractivity contribution in [2.75, 3.05) is 19.7 Å². The van der Waals surface area contributed by atoms with Gasteiger partial charge in [-0.1, -0.05) is 30.7 Å². The second kappa shape index (κ2) is 8.43. The van der Waals surface area contributed by atoms with E-state index in [4.69, 9.17) is 21.4 Å². The molecule has 110 valence electrons. The molecule has 0 spiro atoms. The zero-order chi connectivity index (χ0) is 15.0. The van der Waals surface area contributed by atoms with Gasteiger partial charge in [-0.3, -0.25) is 9.59 Å². The molecule has 1 N–H and O–H groups in total. The summed E-state index contributed by atoms with van der Waals surface area (Å²) in [5.74, 6) is -0.726. The van der Waals surface area contributed by atoms with Gasteiger partial charge in [-0.25, -0.2) is 0 Å². The summed E-state index contributed by atoms with van der Waals surface area (Å²) < 4.78 is 5.36. The molecular formula is C14H18ClNO4. The van der Waals surface area contributed by atoms with Gasteiger partial charge in [0.15, 0.2) is 6.61 Å². The van der Waals surface area contributed by atoms with Crippen molar-refractivity contribution >= 4 is 23.5 Å². The Morgan fingerprint density at radius 2 is 2.00 bits per heavy atom. The molecule has 1 rings (SSSR count). The number of carbonyl (C=O) groups excluding carboxylic acids is 1. The van der Waals surface area contributed by atoms with Crippen molar-refractivity contribution in [3.05, 3.63) is 29.3 Å². The van der Waals surface area contributed by atoms with Crippen LogP contribution in [0.15, 0.2) is 24.3 Å². The third-order valence-corrected chi connectivity index (χ3v) is 2.94. The molecular weight excluding hydrogens is 282 g/mol. The number of para-hydroxylation sites is 1. The molecule has 20 heavy (non-hydrogen) atoms. The maximum Gasteiger partial charge on any atom is 0.305 e. The van der Waals surface area contributed by atoms with E-state index in [2.05, 4.69) is 0 Å². The Bertz CT molecular complexity index is 464. The lowest BCUT2D eigenvalue weighted by Gasteiger charge is -2.21. The van der Waals surface area contributed by atoms with Gasteiger partial charge >= 0.3 is 5.97 Å². The molecule has 0 fully saturated rings. The number of benzene rings is 1. The number of nitrogens with zero attached hydrogens (tertiary/aromatic N) is 1. The van der Waals surface area contributed by atoms with Crippen LogP contribution in [0.4, 0.5) is 0 Å². The second-order valence-electron chi connectivity index (χ2n) is 4.24. The van der Waals surface area contributed by atoms with Gasteiger partial charge in [0.05, 0.1) is 11.4 Å². The fourth-order valence-electron chi connectivity index (χ4n) is 1.65. The van der Waals surface area contributed by atoms with Crippen molar-refractivity contribution in [1.82, 2.24) is 4.90 Å². The van der Waals surface area contributed by atoms with E-state index in [1.165, 1.54) is 4.90 Å². The molecule has 0 bridgehead atoms. The summed E-state index contributed by atoms with van der Waals surface area (Å²) in [5.41, 5.74) is 0. The van der Waals surface area contributed by atoms with E-state index in [-0.39, 0.29) is 25.5 Å². The minimum absolute atomic E-state index is 0.0716. The summed E-state index contributed by atoms with van der Waals surface area (Å²) in [5, 5.41) is 9.11. The zero-order valence-corrected chi connectivity index (χ0v) is 12.1. The standard InChI is InChI=1S/C14H18ClNO4/c1-2-8-16(9-7-14(18)19)13(17)10-20-12-6-4-3-5-11(12)15/h3-6H,2,7-10H2,1H3,(H,18,19). The molecule has 1 amide bonds. The Morgan fingerprint density at radius 3 is 2.60 bits per heavy atom. The molecule has 0 unspecified atom stereocenters. The zero-order valence-electron chi connectivity index (χ0n) is 11.3. The summed E-state index contributed by atoms with van der Waals surface area (Å²) in [4.78, 5) is 24.1. The lowest BCUT2D eigenvalue weighted by Crippen LogP contribution is -2.37. The minimum Gasteiger partial charge on any atom is -0.482 e. The number of hydrogen-bond donors (Lipinski definition) is 1. The largest absolute Gasteiger partial charge is 0.482 e. The van der Waals surface area contributed by atoms with Crippen molar-refractivity contribution < 1.29 is 19.4 Å². The predicted molar refractivity (Wildman–Crippen MR) is 76.1 cm³/mol. The summed E-state index contributed by atoms with van der Waals surface area (Å²) >= 11 is 5.92. The number of carboxylic acids is 1. The fraction of sp³-hybridized carbons (Fsp3) is 0.429. The third-order valence-electron chi connectivity index (χ3n) is 2.63. The molecule has 0 aliphatic carbocycles. The molecule has 0 aliphatic heterocycles. The first-order valence-corrected chi connectivity index (χ1v) is 6.79. The van der Waals surface area contributed by atoms with Crippen LogP contribution in [-0.4, -0.2) is 41.6 Å². The highest BCUT2D eigenvalue weighted by Crippen LogP contribution is 2.22. The topological polar surface area (TPSA) is 66.8 Å². The number of aliphatic carboxylic acids is 1. The van der Waals surface area contributed by atoms with E-state index in [0.29, 0.717) is 17.3 Å². The Kier molecular flexibility index (Phi) is 6.87. The van der Waals surface area contributed by atoms with Gasteiger partial charge in [0, 0.05) is 13.1 Å². The monoisotopic (exact) mass is 299 g/mol. The SMILES string of the molecule is CCCN(CCC(=O)O)C(=O)COc1ccccc1Cl. The molecule has 0 radical (unpaired) electrons. The minimum atomic E-state index is -0.925. The van der Waals surface area contributed by atoms with Crippen LogP contribution < -0.4 is 4.74 Å². The van der Waals surface area contributed by atoms with Crippen LogP contribution in [0.5, 0.6) is 5.75 Å². The average Bonchev–Trinajstić information content (AvgIpc) is 2.42. The van der Waals surface area contributed by atoms with Gasteiger partial charge in [-0.05, 0) is 18.6 Å². The number of rotatable bonds is 8. The van der Waals surface area contributed by atoms with Crippen molar-refractivity contribution in [1.29, 1.82) is 0 Å². The molecule has 1 aromatic carbocycles. The van der Waals surface area contributed by atoms with Crippen LogP contribution in [0, 0.1) is 0 Å². The molecule has 6 heteroatoms. The highest BCUT2D eigenvalue weighted by atomic mass is 35.5. The average molecular weight is 300 g/mol. The van der Waals surface area contributed by atoms with Gasteiger partial charge in [-0.15, -0.1) is 0 Å². The van der Waals surface area contributed by atoms with E-state index < -0.39 is 5.97 Å². The lowest BCUT2D eigenvalue weighted by molar-refractivity contribution is -0.139. The third kappa shape index (κ3) is 5.48. The Labute approximate surface area is 123 Å². The van der Waals surface area contributed by atoms with E-state index >= 15 is 0 Å². The van der Waals surface area contributed by atoms with Crippen molar-refractivity contribution in [3.8, 4) is 5.75 Å². The summed E-state index contributed by atoms with van der Waals surface area (Å²) in [7, 11) is 0. The summed E-state index contributed by atoms with van der Waals surface area (Å²) in [6, 6.07) is 6.89. The van der Waals surface area contributed by atoms with E-state index in [1.54, 1.807) is 24.3 Å². The molecule has 5 nitrogen and oxygen atoms in total. The number of carboxylic acid groups (broad SMARTS) is 1. The molecule has 0 saturated carbocycles. The number of ether oxygens (including phenoxy) is 1. The first kappa shape index (κ1) is 16.3.